The number of aromatic nitrogens is 6. The number of rotatable bonds is 11. The second-order valence-corrected chi connectivity index (χ2v) is 7.43. The summed E-state index contributed by atoms with van der Waals surface area (Å²) in [6.07, 6.45) is 6.22. The monoisotopic (exact) mass is 398 g/mol. The van der Waals surface area contributed by atoms with E-state index in [1.54, 1.807) is 11.9 Å². The van der Waals surface area contributed by atoms with E-state index >= 15 is 0 Å². The second kappa shape index (κ2) is 10.1. The number of aryl methyl sites for hydroxylation is 3. The maximum Gasteiger partial charge on any atom is 0.219 e. The first-order valence-electron chi connectivity index (χ1n) is 10.4. The normalized spacial score (nSPS) is 11.3. The molecule has 0 N–H and O–H groups in total. The molecule has 3 aromatic rings. The molecule has 29 heavy (non-hydrogen) atoms. The Labute approximate surface area is 171 Å². The van der Waals surface area contributed by atoms with E-state index < -0.39 is 0 Å². The molecule has 0 saturated heterocycles. The Morgan fingerprint density at radius 1 is 1.03 bits per heavy atom. The van der Waals surface area contributed by atoms with Gasteiger partial charge in [0, 0.05) is 17.9 Å². The molecule has 0 spiro atoms. The van der Waals surface area contributed by atoms with E-state index in [9.17, 15) is 0 Å². The summed E-state index contributed by atoms with van der Waals surface area (Å²) in [5, 5.41) is 20.8. The Bertz CT molecular complexity index is 902. The lowest BCUT2D eigenvalue weighted by molar-refractivity contribution is 0.408. The Balaban J connectivity index is 1.48. The maximum atomic E-state index is 5.66. The average Bonchev–Trinajstić information content (AvgIpc) is 3.40. The van der Waals surface area contributed by atoms with Crippen molar-refractivity contribution in [3.05, 3.63) is 35.5 Å². The lowest BCUT2D eigenvalue weighted by atomic mass is 10.0. The largest absolute Gasteiger partial charge is 0.496 e. The molecule has 156 valence electrons. The molecule has 0 amide bonds. The number of benzene rings is 1. The Hall–Kier alpha value is -2.77. The zero-order valence-electron chi connectivity index (χ0n) is 17.8. The third kappa shape index (κ3) is 5.62. The van der Waals surface area contributed by atoms with Crippen LogP contribution in [0.2, 0.25) is 0 Å². The molecule has 0 aliphatic carbocycles. The van der Waals surface area contributed by atoms with Gasteiger partial charge >= 0.3 is 0 Å². The maximum absolute atomic E-state index is 5.66. The molecule has 1 aromatic carbocycles. The van der Waals surface area contributed by atoms with Crippen molar-refractivity contribution in [3.8, 4) is 17.1 Å². The third-order valence-electron chi connectivity index (χ3n) is 4.84. The lowest BCUT2D eigenvalue weighted by Gasteiger charge is -2.09. The van der Waals surface area contributed by atoms with Crippen molar-refractivity contribution in [2.24, 2.45) is 0 Å². The summed E-state index contributed by atoms with van der Waals surface area (Å²) < 4.78 is 11.2. The SMILES string of the molecule is CCn1nnc(-c2ccc(OC)c(CCCCCCc3nnc(C(C)C)o3)c2)n1. The number of methoxy groups -OCH3 is 1. The van der Waals surface area contributed by atoms with Gasteiger partial charge in [-0.05, 0) is 55.2 Å². The fourth-order valence-corrected chi connectivity index (χ4v) is 3.15. The Morgan fingerprint density at radius 3 is 2.48 bits per heavy atom. The van der Waals surface area contributed by atoms with Gasteiger partial charge in [-0.25, -0.2) is 0 Å². The number of ether oxygens (including phenoxy) is 1. The minimum Gasteiger partial charge on any atom is -0.496 e. The summed E-state index contributed by atoms with van der Waals surface area (Å²) in [4.78, 5) is 1.59. The van der Waals surface area contributed by atoms with Crippen LogP contribution in [-0.2, 0) is 19.4 Å². The predicted molar refractivity (Wildman–Crippen MR) is 110 cm³/mol. The van der Waals surface area contributed by atoms with Crippen LogP contribution >= 0.6 is 0 Å². The van der Waals surface area contributed by atoms with Gasteiger partial charge < -0.3 is 9.15 Å². The first-order valence-corrected chi connectivity index (χ1v) is 10.4. The molecule has 0 bridgehead atoms. The number of hydrogen-bond acceptors (Lipinski definition) is 7. The van der Waals surface area contributed by atoms with Gasteiger partial charge in [0.2, 0.25) is 17.6 Å². The fourth-order valence-electron chi connectivity index (χ4n) is 3.15. The second-order valence-electron chi connectivity index (χ2n) is 7.43. The van der Waals surface area contributed by atoms with Crippen LogP contribution in [0, 0.1) is 0 Å². The van der Waals surface area contributed by atoms with Crippen molar-refractivity contribution in [3.63, 3.8) is 0 Å². The Morgan fingerprint density at radius 2 is 1.83 bits per heavy atom. The molecule has 0 radical (unpaired) electrons. The Kier molecular flexibility index (Phi) is 7.32. The highest BCUT2D eigenvalue weighted by molar-refractivity contribution is 5.58. The van der Waals surface area contributed by atoms with E-state index in [-0.39, 0.29) is 5.92 Å². The van der Waals surface area contributed by atoms with Crippen molar-refractivity contribution in [1.29, 1.82) is 0 Å². The first kappa shape index (κ1) is 21.0. The quantitative estimate of drug-likeness (QED) is 0.446. The summed E-state index contributed by atoms with van der Waals surface area (Å²) in [6.45, 7) is 6.82. The number of nitrogens with zero attached hydrogens (tertiary/aromatic N) is 6. The molecule has 2 aromatic heterocycles. The molecular weight excluding hydrogens is 368 g/mol. The molecule has 0 aliphatic heterocycles. The van der Waals surface area contributed by atoms with Gasteiger partial charge in [0.05, 0.1) is 13.7 Å². The zero-order valence-corrected chi connectivity index (χ0v) is 17.8. The van der Waals surface area contributed by atoms with Crippen LogP contribution in [0.4, 0.5) is 0 Å². The molecule has 0 fully saturated rings. The smallest absolute Gasteiger partial charge is 0.219 e. The number of unbranched alkanes of at least 4 members (excludes halogenated alkanes) is 3. The molecule has 0 unspecified atom stereocenters. The van der Waals surface area contributed by atoms with Crippen molar-refractivity contribution < 1.29 is 9.15 Å². The van der Waals surface area contributed by atoms with E-state index in [1.807, 2.05) is 19.1 Å². The molecule has 0 atom stereocenters. The molecule has 2 heterocycles. The van der Waals surface area contributed by atoms with Crippen LogP contribution in [-0.4, -0.2) is 37.5 Å². The summed E-state index contributed by atoms with van der Waals surface area (Å²) >= 11 is 0. The van der Waals surface area contributed by atoms with Crippen LogP contribution in [0.1, 0.15) is 69.7 Å². The standard InChI is InChI=1S/C21H30N6O2/c1-5-27-25-20(23-26-27)17-12-13-18(28-4)16(14-17)10-8-6-7-9-11-19-22-24-21(29-19)15(2)3/h12-15H,5-11H2,1-4H3. The van der Waals surface area contributed by atoms with Crippen LogP contribution < -0.4 is 4.74 Å². The van der Waals surface area contributed by atoms with Crippen molar-refractivity contribution in [2.45, 2.75) is 71.8 Å². The van der Waals surface area contributed by atoms with Gasteiger partial charge in [-0.15, -0.1) is 20.4 Å². The molecule has 8 heteroatoms. The van der Waals surface area contributed by atoms with E-state index in [4.69, 9.17) is 9.15 Å². The minimum atomic E-state index is 0.281. The topological polar surface area (TPSA) is 91.8 Å². The van der Waals surface area contributed by atoms with Crippen LogP contribution in [0.25, 0.3) is 11.4 Å². The minimum absolute atomic E-state index is 0.281. The van der Waals surface area contributed by atoms with Gasteiger partial charge in [-0.3, -0.25) is 0 Å². The van der Waals surface area contributed by atoms with Crippen molar-refractivity contribution >= 4 is 0 Å². The van der Waals surface area contributed by atoms with Crippen LogP contribution in [0.3, 0.4) is 0 Å². The van der Waals surface area contributed by atoms with Gasteiger partial charge in [-0.2, -0.15) is 4.80 Å². The van der Waals surface area contributed by atoms with E-state index in [0.717, 1.165) is 61.6 Å². The molecule has 3 rings (SSSR count). The van der Waals surface area contributed by atoms with Crippen molar-refractivity contribution in [1.82, 2.24) is 30.4 Å². The highest BCUT2D eigenvalue weighted by Crippen LogP contribution is 2.26. The summed E-state index contributed by atoms with van der Waals surface area (Å²) in [5.41, 5.74) is 2.15. The predicted octanol–water partition coefficient (Wildman–Crippen LogP) is 4.22. The van der Waals surface area contributed by atoms with E-state index in [2.05, 4.69) is 45.5 Å². The van der Waals surface area contributed by atoms with Crippen LogP contribution in [0.5, 0.6) is 5.75 Å². The third-order valence-corrected chi connectivity index (χ3v) is 4.84. The summed E-state index contributed by atoms with van der Waals surface area (Å²) in [5.74, 6) is 3.31. The summed E-state index contributed by atoms with van der Waals surface area (Å²) in [6, 6.07) is 6.08. The van der Waals surface area contributed by atoms with Gasteiger partial charge in [0.15, 0.2) is 0 Å². The van der Waals surface area contributed by atoms with Crippen molar-refractivity contribution in [2.75, 3.05) is 7.11 Å². The van der Waals surface area contributed by atoms with Gasteiger partial charge in [0.25, 0.3) is 0 Å². The van der Waals surface area contributed by atoms with E-state index in [1.165, 1.54) is 5.56 Å². The first-order chi connectivity index (χ1) is 14.1. The number of hydrogen-bond donors (Lipinski definition) is 0. The zero-order chi connectivity index (χ0) is 20.6. The van der Waals surface area contributed by atoms with Gasteiger partial charge in [0.1, 0.15) is 5.75 Å². The molecule has 0 saturated carbocycles. The highest BCUT2D eigenvalue weighted by atomic mass is 16.5. The molecular formula is C21H30N6O2. The fraction of sp³-hybridized carbons (Fsp3) is 0.571. The van der Waals surface area contributed by atoms with Gasteiger partial charge in [-0.1, -0.05) is 26.7 Å². The highest BCUT2D eigenvalue weighted by Gasteiger charge is 2.11. The number of tetrazole rings is 1. The van der Waals surface area contributed by atoms with Crippen LogP contribution in [0.15, 0.2) is 22.6 Å². The lowest BCUT2D eigenvalue weighted by Crippen LogP contribution is -1.98. The summed E-state index contributed by atoms with van der Waals surface area (Å²) in [7, 11) is 1.71. The molecule has 8 nitrogen and oxygen atoms in total. The molecule has 0 aliphatic rings. The average molecular weight is 399 g/mol. The van der Waals surface area contributed by atoms with E-state index in [0.29, 0.717) is 12.4 Å².